The Hall–Kier alpha value is -1.71. The average molecular weight is 275 g/mol. The van der Waals surface area contributed by atoms with E-state index in [4.69, 9.17) is 5.73 Å². The van der Waals surface area contributed by atoms with Gasteiger partial charge in [-0.1, -0.05) is 6.92 Å². The highest BCUT2D eigenvalue weighted by Crippen LogP contribution is 2.33. The minimum atomic E-state index is 0.0223. The topological polar surface area (TPSA) is 49.6 Å². The third-order valence-electron chi connectivity index (χ3n) is 3.69. The molecule has 0 bridgehead atoms. The fourth-order valence-electron chi connectivity index (χ4n) is 2.40. The van der Waals surface area contributed by atoms with Crippen LogP contribution >= 0.6 is 0 Å². The molecule has 110 valence electrons. The number of nitrogens with zero attached hydrogens (tertiary/aromatic N) is 2. The Morgan fingerprint density at radius 2 is 2.05 bits per heavy atom. The maximum absolute atomic E-state index is 12.1. The molecule has 0 unspecified atom stereocenters. The maximum Gasteiger partial charge on any atom is 0.253 e. The van der Waals surface area contributed by atoms with Crippen molar-refractivity contribution in [3.63, 3.8) is 0 Å². The Morgan fingerprint density at radius 3 is 2.60 bits per heavy atom. The lowest BCUT2D eigenvalue weighted by molar-refractivity contribution is 0.0827. The summed E-state index contributed by atoms with van der Waals surface area (Å²) in [5, 5.41) is 0. The predicted molar refractivity (Wildman–Crippen MR) is 84.1 cm³/mol. The standard InChI is InChI=1S/C16H25N3O/c1-4-9-19(11-12-5-6-12)15-10-13(7-8-14(15)17)16(20)18(2)3/h7-8,10,12H,4-6,9,11,17H2,1-3H3. The number of anilines is 2. The summed E-state index contributed by atoms with van der Waals surface area (Å²) in [5.74, 6) is 0.822. The van der Waals surface area contributed by atoms with Crippen LogP contribution in [0.1, 0.15) is 36.5 Å². The molecule has 1 aromatic rings. The quantitative estimate of drug-likeness (QED) is 0.812. The van der Waals surface area contributed by atoms with Gasteiger partial charge in [-0.05, 0) is 43.4 Å². The van der Waals surface area contributed by atoms with Gasteiger partial charge in [-0.25, -0.2) is 0 Å². The first-order valence-corrected chi connectivity index (χ1v) is 7.39. The van der Waals surface area contributed by atoms with Gasteiger partial charge in [-0.15, -0.1) is 0 Å². The third kappa shape index (κ3) is 3.44. The van der Waals surface area contributed by atoms with Crippen molar-refractivity contribution in [3.05, 3.63) is 23.8 Å². The number of carbonyl (C=O) groups excluding carboxylic acids is 1. The van der Waals surface area contributed by atoms with Gasteiger partial charge in [0.1, 0.15) is 0 Å². The molecule has 1 aromatic carbocycles. The fourth-order valence-corrected chi connectivity index (χ4v) is 2.40. The molecule has 0 aliphatic heterocycles. The van der Waals surface area contributed by atoms with Gasteiger partial charge < -0.3 is 15.5 Å². The lowest BCUT2D eigenvalue weighted by Gasteiger charge is -2.26. The number of benzene rings is 1. The van der Waals surface area contributed by atoms with E-state index in [1.165, 1.54) is 12.8 Å². The van der Waals surface area contributed by atoms with Crippen molar-refractivity contribution in [3.8, 4) is 0 Å². The van der Waals surface area contributed by atoms with Crippen LogP contribution in [0.3, 0.4) is 0 Å². The molecule has 0 aromatic heterocycles. The molecule has 0 atom stereocenters. The first kappa shape index (κ1) is 14.7. The Labute approximate surface area is 121 Å². The molecule has 4 heteroatoms. The molecule has 0 radical (unpaired) electrons. The molecule has 0 spiro atoms. The van der Waals surface area contributed by atoms with E-state index in [1.807, 2.05) is 18.2 Å². The van der Waals surface area contributed by atoms with Gasteiger partial charge in [0.15, 0.2) is 0 Å². The Morgan fingerprint density at radius 1 is 1.35 bits per heavy atom. The Balaban J connectivity index is 2.26. The highest BCUT2D eigenvalue weighted by Gasteiger charge is 2.25. The summed E-state index contributed by atoms with van der Waals surface area (Å²) >= 11 is 0. The van der Waals surface area contributed by atoms with Crippen molar-refractivity contribution >= 4 is 17.3 Å². The molecule has 1 aliphatic rings. The van der Waals surface area contributed by atoms with E-state index in [0.717, 1.165) is 36.8 Å². The SMILES string of the molecule is CCCN(CC1CC1)c1cc(C(=O)N(C)C)ccc1N. The lowest BCUT2D eigenvalue weighted by atomic mass is 10.1. The van der Waals surface area contributed by atoms with Crippen LogP contribution < -0.4 is 10.6 Å². The normalized spacial score (nSPS) is 14.2. The molecule has 0 heterocycles. The highest BCUT2D eigenvalue weighted by molar-refractivity contribution is 5.96. The van der Waals surface area contributed by atoms with E-state index in [0.29, 0.717) is 5.56 Å². The number of amides is 1. The number of nitrogens with two attached hydrogens (primary N) is 1. The van der Waals surface area contributed by atoms with E-state index in [1.54, 1.807) is 19.0 Å². The molecule has 20 heavy (non-hydrogen) atoms. The molecular formula is C16H25N3O. The molecule has 4 nitrogen and oxygen atoms in total. The van der Waals surface area contributed by atoms with E-state index < -0.39 is 0 Å². The van der Waals surface area contributed by atoms with Crippen LogP contribution in [-0.2, 0) is 0 Å². The number of hydrogen-bond acceptors (Lipinski definition) is 3. The second-order valence-electron chi connectivity index (χ2n) is 5.86. The lowest BCUT2D eigenvalue weighted by Crippen LogP contribution is -2.28. The summed E-state index contributed by atoms with van der Waals surface area (Å²) in [7, 11) is 3.54. The molecule has 0 saturated heterocycles. The summed E-state index contributed by atoms with van der Waals surface area (Å²) in [6, 6.07) is 5.60. The zero-order valence-electron chi connectivity index (χ0n) is 12.7. The molecule has 1 aliphatic carbocycles. The number of carbonyl (C=O) groups is 1. The van der Waals surface area contributed by atoms with E-state index in [-0.39, 0.29) is 5.91 Å². The van der Waals surface area contributed by atoms with E-state index in [2.05, 4.69) is 11.8 Å². The smallest absolute Gasteiger partial charge is 0.253 e. The van der Waals surface area contributed by atoms with Crippen molar-refractivity contribution in [2.24, 2.45) is 5.92 Å². The van der Waals surface area contributed by atoms with Crippen LogP contribution in [0.15, 0.2) is 18.2 Å². The predicted octanol–water partition coefficient (Wildman–Crippen LogP) is 2.60. The fraction of sp³-hybridized carbons (Fsp3) is 0.562. The summed E-state index contributed by atoms with van der Waals surface area (Å²) in [5.41, 5.74) is 8.60. The molecular weight excluding hydrogens is 250 g/mol. The van der Waals surface area contributed by atoms with Crippen molar-refractivity contribution < 1.29 is 4.79 Å². The van der Waals surface area contributed by atoms with Gasteiger partial charge in [0.2, 0.25) is 0 Å². The van der Waals surface area contributed by atoms with Crippen molar-refractivity contribution in [1.29, 1.82) is 0 Å². The van der Waals surface area contributed by atoms with Crippen LogP contribution in [0.25, 0.3) is 0 Å². The second kappa shape index (κ2) is 6.16. The van der Waals surface area contributed by atoms with Crippen LogP contribution in [-0.4, -0.2) is 38.0 Å². The van der Waals surface area contributed by atoms with Crippen LogP contribution in [0.4, 0.5) is 11.4 Å². The van der Waals surface area contributed by atoms with Crippen molar-refractivity contribution in [2.45, 2.75) is 26.2 Å². The van der Waals surface area contributed by atoms with Gasteiger partial charge in [0, 0.05) is 32.7 Å². The van der Waals surface area contributed by atoms with Crippen molar-refractivity contribution in [1.82, 2.24) is 4.90 Å². The molecule has 1 amide bonds. The van der Waals surface area contributed by atoms with Gasteiger partial charge in [-0.2, -0.15) is 0 Å². The second-order valence-corrected chi connectivity index (χ2v) is 5.86. The molecule has 2 N–H and O–H groups in total. The largest absolute Gasteiger partial charge is 0.397 e. The van der Waals surface area contributed by atoms with Gasteiger partial charge >= 0.3 is 0 Å². The Bertz CT molecular complexity index is 481. The van der Waals surface area contributed by atoms with Crippen molar-refractivity contribution in [2.75, 3.05) is 37.8 Å². The third-order valence-corrected chi connectivity index (χ3v) is 3.69. The molecule has 2 rings (SSSR count). The summed E-state index contributed by atoms with van der Waals surface area (Å²) in [4.78, 5) is 16.0. The number of hydrogen-bond donors (Lipinski definition) is 1. The monoisotopic (exact) mass is 275 g/mol. The van der Waals surface area contributed by atoms with Gasteiger partial charge in [0.05, 0.1) is 11.4 Å². The minimum Gasteiger partial charge on any atom is -0.397 e. The minimum absolute atomic E-state index is 0.0223. The van der Waals surface area contributed by atoms with Crippen LogP contribution in [0, 0.1) is 5.92 Å². The molecule has 1 saturated carbocycles. The van der Waals surface area contributed by atoms with Gasteiger partial charge in [-0.3, -0.25) is 4.79 Å². The van der Waals surface area contributed by atoms with Crippen LogP contribution in [0.2, 0.25) is 0 Å². The first-order chi connectivity index (χ1) is 9.52. The zero-order chi connectivity index (χ0) is 14.7. The average Bonchev–Trinajstić information content (AvgIpc) is 3.22. The number of rotatable bonds is 6. The zero-order valence-corrected chi connectivity index (χ0v) is 12.7. The molecule has 1 fully saturated rings. The first-order valence-electron chi connectivity index (χ1n) is 7.39. The maximum atomic E-state index is 12.1. The van der Waals surface area contributed by atoms with E-state index >= 15 is 0 Å². The van der Waals surface area contributed by atoms with Crippen LogP contribution in [0.5, 0.6) is 0 Å². The summed E-state index contributed by atoms with van der Waals surface area (Å²) in [6.45, 7) is 4.21. The van der Waals surface area contributed by atoms with E-state index in [9.17, 15) is 4.79 Å². The summed E-state index contributed by atoms with van der Waals surface area (Å²) in [6.07, 6.45) is 3.71. The number of nitrogen functional groups attached to an aromatic ring is 1. The highest BCUT2D eigenvalue weighted by atomic mass is 16.2. The Kier molecular flexibility index (Phi) is 4.53. The van der Waals surface area contributed by atoms with Gasteiger partial charge in [0.25, 0.3) is 5.91 Å². The summed E-state index contributed by atoms with van der Waals surface area (Å²) < 4.78 is 0.